The van der Waals surface area contributed by atoms with Crippen molar-refractivity contribution in [3.05, 3.63) is 29.8 Å². The summed E-state index contributed by atoms with van der Waals surface area (Å²) < 4.78 is 32.4. The van der Waals surface area contributed by atoms with E-state index in [2.05, 4.69) is 17.1 Å². The predicted molar refractivity (Wildman–Crippen MR) is 122 cm³/mol. The number of ether oxygens (including phenoxy) is 1. The molecule has 1 unspecified atom stereocenters. The lowest BCUT2D eigenvalue weighted by molar-refractivity contribution is 0.0717. The van der Waals surface area contributed by atoms with E-state index in [-0.39, 0.29) is 18.2 Å². The van der Waals surface area contributed by atoms with E-state index in [0.717, 1.165) is 13.1 Å². The number of piperidine rings is 1. The molecule has 2 heterocycles. The Morgan fingerprint density at radius 1 is 1.13 bits per heavy atom. The van der Waals surface area contributed by atoms with Gasteiger partial charge in [0.05, 0.1) is 12.9 Å². The molecule has 9 heteroatoms. The number of benzene rings is 1. The van der Waals surface area contributed by atoms with E-state index < -0.39 is 10.0 Å². The fraction of sp³-hybridized carbons (Fsp3) is 0.682. The van der Waals surface area contributed by atoms with Gasteiger partial charge in [-0.2, -0.15) is 4.31 Å². The zero-order chi connectivity index (χ0) is 22.3. The number of likely N-dealkylation sites (tertiary alicyclic amines) is 1. The number of hydrogen-bond donors (Lipinski definition) is 1. The number of rotatable bonds is 9. The molecular formula is C22H36N4O4S. The van der Waals surface area contributed by atoms with Gasteiger partial charge in [0, 0.05) is 57.4 Å². The van der Waals surface area contributed by atoms with Crippen LogP contribution >= 0.6 is 0 Å². The van der Waals surface area contributed by atoms with E-state index in [1.165, 1.54) is 23.6 Å². The lowest BCUT2D eigenvalue weighted by atomic mass is 10.0. The summed E-state index contributed by atoms with van der Waals surface area (Å²) in [5.74, 6) is 0.499. The molecule has 31 heavy (non-hydrogen) atoms. The summed E-state index contributed by atoms with van der Waals surface area (Å²) in [6.45, 7) is 7.04. The third kappa shape index (κ3) is 6.65. The van der Waals surface area contributed by atoms with Gasteiger partial charge in [-0.15, -0.1) is 0 Å². The second kappa shape index (κ2) is 11.3. The number of hydrogen-bond acceptors (Lipinski definition) is 6. The van der Waals surface area contributed by atoms with Gasteiger partial charge in [0.25, 0.3) is 5.91 Å². The number of nitrogens with zero attached hydrogens (tertiary/aromatic N) is 3. The van der Waals surface area contributed by atoms with Gasteiger partial charge in [-0.05, 0) is 50.6 Å². The van der Waals surface area contributed by atoms with Crippen LogP contribution in [0, 0.1) is 0 Å². The van der Waals surface area contributed by atoms with Crippen molar-refractivity contribution in [2.75, 3.05) is 65.2 Å². The summed E-state index contributed by atoms with van der Waals surface area (Å²) in [6.07, 6.45) is 3.59. The summed E-state index contributed by atoms with van der Waals surface area (Å²) in [5.41, 5.74) is 0.548. The van der Waals surface area contributed by atoms with Crippen molar-refractivity contribution in [3.63, 3.8) is 0 Å². The van der Waals surface area contributed by atoms with Gasteiger partial charge in [0.2, 0.25) is 10.0 Å². The van der Waals surface area contributed by atoms with Crippen LogP contribution in [0.2, 0.25) is 0 Å². The molecule has 0 radical (unpaired) electrons. The molecule has 0 aromatic heterocycles. The van der Waals surface area contributed by atoms with Crippen molar-refractivity contribution < 1.29 is 17.9 Å². The lowest BCUT2D eigenvalue weighted by Gasteiger charge is -2.35. The Hall–Kier alpha value is -1.68. The highest BCUT2D eigenvalue weighted by atomic mass is 32.2. The van der Waals surface area contributed by atoms with Gasteiger partial charge in [-0.25, -0.2) is 8.42 Å². The molecule has 3 rings (SSSR count). The third-order valence-electron chi connectivity index (χ3n) is 6.31. The van der Waals surface area contributed by atoms with Crippen LogP contribution in [-0.2, 0) is 10.0 Å². The van der Waals surface area contributed by atoms with Gasteiger partial charge in [0.15, 0.2) is 0 Å². The first-order valence-corrected chi connectivity index (χ1v) is 12.9. The number of sulfonamides is 1. The fourth-order valence-electron chi connectivity index (χ4n) is 4.25. The Morgan fingerprint density at radius 3 is 2.48 bits per heavy atom. The SMILES string of the molecule is COc1ccc(C(=O)N(CCN2CCCCC2C)CCS(=O)(=O)N2CCNCC2)cc1. The molecule has 0 spiro atoms. The maximum Gasteiger partial charge on any atom is 0.253 e. The Balaban J connectivity index is 1.68. The Labute approximate surface area is 186 Å². The van der Waals surface area contributed by atoms with Crippen LogP contribution in [0.25, 0.3) is 0 Å². The highest BCUT2D eigenvalue weighted by Gasteiger charge is 2.27. The molecule has 1 aromatic rings. The molecular weight excluding hydrogens is 416 g/mol. The van der Waals surface area contributed by atoms with Crippen molar-refractivity contribution in [1.29, 1.82) is 0 Å². The molecule has 2 fully saturated rings. The molecule has 1 atom stereocenters. The molecule has 1 aromatic carbocycles. The maximum atomic E-state index is 13.2. The zero-order valence-electron chi connectivity index (χ0n) is 18.8. The average molecular weight is 453 g/mol. The normalized spacial score (nSPS) is 21.0. The molecule has 0 saturated carbocycles. The molecule has 2 aliphatic heterocycles. The van der Waals surface area contributed by atoms with Gasteiger partial charge in [0.1, 0.15) is 5.75 Å². The van der Waals surface area contributed by atoms with E-state index in [0.29, 0.717) is 50.1 Å². The van der Waals surface area contributed by atoms with Gasteiger partial charge in [-0.3, -0.25) is 9.69 Å². The van der Waals surface area contributed by atoms with Gasteiger partial charge >= 0.3 is 0 Å². The minimum absolute atomic E-state index is 0.0511. The fourth-order valence-corrected chi connectivity index (χ4v) is 5.70. The van der Waals surface area contributed by atoms with E-state index >= 15 is 0 Å². The molecule has 174 valence electrons. The predicted octanol–water partition coefficient (Wildman–Crippen LogP) is 1.25. The van der Waals surface area contributed by atoms with Crippen molar-refractivity contribution in [1.82, 2.24) is 19.4 Å². The largest absolute Gasteiger partial charge is 0.497 e. The van der Waals surface area contributed by atoms with Crippen molar-refractivity contribution >= 4 is 15.9 Å². The number of nitrogens with one attached hydrogen (secondary N) is 1. The summed E-state index contributed by atoms with van der Waals surface area (Å²) in [5, 5.41) is 3.18. The van der Waals surface area contributed by atoms with Crippen LogP contribution in [0.4, 0.5) is 0 Å². The minimum Gasteiger partial charge on any atom is -0.497 e. The Bertz CT molecular complexity index is 809. The monoisotopic (exact) mass is 452 g/mol. The van der Waals surface area contributed by atoms with Crippen LogP contribution in [0.15, 0.2) is 24.3 Å². The zero-order valence-corrected chi connectivity index (χ0v) is 19.6. The molecule has 0 bridgehead atoms. The van der Waals surface area contributed by atoms with Crippen LogP contribution in [-0.4, -0.2) is 99.7 Å². The first-order valence-electron chi connectivity index (χ1n) is 11.3. The molecule has 1 amide bonds. The maximum absolute atomic E-state index is 13.2. The molecule has 2 aliphatic rings. The highest BCUT2D eigenvalue weighted by molar-refractivity contribution is 7.89. The smallest absolute Gasteiger partial charge is 0.253 e. The summed E-state index contributed by atoms with van der Waals surface area (Å²) in [6, 6.07) is 7.49. The summed E-state index contributed by atoms with van der Waals surface area (Å²) in [4.78, 5) is 17.3. The Kier molecular flexibility index (Phi) is 8.71. The summed E-state index contributed by atoms with van der Waals surface area (Å²) in [7, 11) is -1.81. The third-order valence-corrected chi connectivity index (χ3v) is 8.16. The molecule has 1 N–H and O–H groups in total. The van der Waals surface area contributed by atoms with E-state index in [9.17, 15) is 13.2 Å². The average Bonchev–Trinajstić information content (AvgIpc) is 2.80. The second-order valence-electron chi connectivity index (χ2n) is 8.37. The topological polar surface area (TPSA) is 82.2 Å². The number of amides is 1. The number of carbonyl (C=O) groups excluding carboxylic acids is 1. The molecule has 0 aliphatic carbocycles. The van der Waals surface area contributed by atoms with Crippen molar-refractivity contribution in [2.24, 2.45) is 0 Å². The van der Waals surface area contributed by atoms with E-state index in [4.69, 9.17) is 4.74 Å². The van der Waals surface area contributed by atoms with Crippen molar-refractivity contribution in [3.8, 4) is 5.75 Å². The molecule has 8 nitrogen and oxygen atoms in total. The number of methoxy groups -OCH3 is 1. The van der Waals surface area contributed by atoms with Crippen LogP contribution in [0.1, 0.15) is 36.5 Å². The van der Waals surface area contributed by atoms with Crippen LogP contribution < -0.4 is 10.1 Å². The Morgan fingerprint density at radius 2 is 1.84 bits per heavy atom. The van der Waals surface area contributed by atoms with Gasteiger partial charge in [-0.1, -0.05) is 6.42 Å². The molecule has 2 saturated heterocycles. The summed E-state index contributed by atoms with van der Waals surface area (Å²) >= 11 is 0. The van der Waals surface area contributed by atoms with Crippen molar-refractivity contribution in [2.45, 2.75) is 32.2 Å². The van der Waals surface area contributed by atoms with E-state index in [1.807, 2.05) is 0 Å². The highest BCUT2D eigenvalue weighted by Crippen LogP contribution is 2.17. The van der Waals surface area contributed by atoms with Crippen LogP contribution in [0.3, 0.4) is 0 Å². The lowest BCUT2D eigenvalue weighted by Crippen LogP contribution is -2.49. The van der Waals surface area contributed by atoms with Crippen LogP contribution in [0.5, 0.6) is 5.75 Å². The number of piperazine rings is 1. The van der Waals surface area contributed by atoms with E-state index in [1.54, 1.807) is 36.3 Å². The quantitative estimate of drug-likeness (QED) is 0.607. The van der Waals surface area contributed by atoms with Gasteiger partial charge < -0.3 is 15.0 Å². The first kappa shape index (κ1) is 24.0. The second-order valence-corrected chi connectivity index (χ2v) is 10.5. The minimum atomic E-state index is -3.39. The standard InChI is InChI=1S/C22H36N4O4S/c1-19-5-3-4-12-24(19)15-16-25(22(27)20-6-8-21(30-2)9-7-20)17-18-31(28,29)26-13-10-23-11-14-26/h6-9,19,23H,3-5,10-18H2,1-2H3. The first-order chi connectivity index (χ1) is 14.9. The number of carbonyl (C=O) groups is 1.